The van der Waals surface area contributed by atoms with Crippen molar-refractivity contribution in [1.82, 2.24) is 5.43 Å². The van der Waals surface area contributed by atoms with Crippen LogP contribution in [0.25, 0.3) is 0 Å². The van der Waals surface area contributed by atoms with Crippen LogP contribution in [-0.4, -0.2) is 22.0 Å². The molecule has 1 N–H and O–H groups in total. The molecule has 122 valence electrons. The standard InChI is InChI=1S/C14H9ClN4O5/c15-11-4-5-13(19(23)24)10(6-11)8-16-17-14(20)9-2-1-3-12(7-9)18(21)22/h1-8H,(H,17,20)/b16-8+. The highest BCUT2D eigenvalue weighted by Gasteiger charge is 2.13. The van der Waals surface area contributed by atoms with Gasteiger partial charge in [0.2, 0.25) is 0 Å². The number of amides is 1. The zero-order valence-corrected chi connectivity index (χ0v) is 12.6. The largest absolute Gasteiger partial charge is 0.278 e. The normalized spacial score (nSPS) is 10.5. The topological polar surface area (TPSA) is 128 Å². The minimum atomic E-state index is -0.695. The van der Waals surface area contributed by atoms with Crippen LogP contribution in [-0.2, 0) is 0 Å². The third kappa shape index (κ3) is 4.11. The Morgan fingerprint density at radius 2 is 1.88 bits per heavy atom. The number of hydrazone groups is 1. The van der Waals surface area contributed by atoms with Crippen molar-refractivity contribution in [2.24, 2.45) is 5.10 Å². The van der Waals surface area contributed by atoms with Crippen LogP contribution in [0.2, 0.25) is 5.02 Å². The second-order valence-corrected chi connectivity index (χ2v) is 4.90. The van der Waals surface area contributed by atoms with Crippen LogP contribution in [0.3, 0.4) is 0 Å². The van der Waals surface area contributed by atoms with E-state index in [4.69, 9.17) is 11.6 Å². The van der Waals surface area contributed by atoms with Crippen LogP contribution in [0.4, 0.5) is 11.4 Å². The molecule has 0 radical (unpaired) electrons. The molecular formula is C14H9ClN4O5. The average Bonchev–Trinajstić information content (AvgIpc) is 2.54. The van der Waals surface area contributed by atoms with Crippen LogP contribution < -0.4 is 5.43 Å². The molecule has 0 aliphatic heterocycles. The Balaban J connectivity index is 2.16. The zero-order chi connectivity index (χ0) is 17.7. The van der Waals surface area contributed by atoms with E-state index in [0.717, 1.165) is 12.3 Å². The summed E-state index contributed by atoms with van der Waals surface area (Å²) in [5.41, 5.74) is 1.81. The number of nitro benzene ring substituents is 2. The first kappa shape index (κ1) is 17.0. The number of hydrogen-bond acceptors (Lipinski definition) is 6. The second-order valence-electron chi connectivity index (χ2n) is 4.47. The van der Waals surface area contributed by atoms with E-state index in [0.29, 0.717) is 0 Å². The molecule has 2 aromatic rings. The molecule has 24 heavy (non-hydrogen) atoms. The molecule has 0 fully saturated rings. The monoisotopic (exact) mass is 348 g/mol. The van der Waals surface area contributed by atoms with Gasteiger partial charge in [0.25, 0.3) is 17.3 Å². The van der Waals surface area contributed by atoms with Crippen molar-refractivity contribution in [3.8, 4) is 0 Å². The Labute approximate surface area is 139 Å². The smallest absolute Gasteiger partial charge is 0.267 e. The predicted molar refractivity (Wildman–Crippen MR) is 86.3 cm³/mol. The van der Waals surface area contributed by atoms with Crippen molar-refractivity contribution in [3.05, 3.63) is 78.8 Å². The Bertz CT molecular complexity index is 853. The van der Waals surface area contributed by atoms with Crippen molar-refractivity contribution in [3.63, 3.8) is 0 Å². The third-order valence-corrected chi connectivity index (χ3v) is 3.11. The minimum absolute atomic E-state index is 0.0296. The van der Waals surface area contributed by atoms with Gasteiger partial charge in [-0.2, -0.15) is 5.10 Å². The van der Waals surface area contributed by atoms with E-state index < -0.39 is 15.8 Å². The van der Waals surface area contributed by atoms with Crippen LogP contribution >= 0.6 is 11.6 Å². The minimum Gasteiger partial charge on any atom is -0.267 e. The maximum atomic E-state index is 11.9. The van der Waals surface area contributed by atoms with Crippen molar-refractivity contribution in [2.45, 2.75) is 0 Å². The van der Waals surface area contributed by atoms with Gasteiger partial charge in [0.1, 0.15) is 0 Å². The molecule has 0 heterocycles. The van der Waals surface area contributed by atoms with Gasteiger partial charge in [0.15, 0.2) is 0 Å². The maximum Gasteiger partial charge on any atom is 0.278 e. The van der Waals surface area contributed by atoms with Gasteiger partial charge < -0.3 is 0 Å². The summed E-state index contributed by atoms with van der Waals surface area (Å²) in [6.45, 7) is 0. The molecule has 2 aromatic carbocycles. The summed E-state index contributed by atoms with van der Waals surface area (Å²) in [5.74, 6) is -0.695. The lowest BCUT2D eigenvalue weighted by Gasteiger charge is -2.00. The van der Waals surface area contributed by atoms with E-state index in [1.807, 2.05) is 0 Å². The molecular weight excluding hydrogens is 340 g/mol. The number of nitro groups is 2. The van der Waals surface area contributed by atoms with Gasteiger partial charge in [0.05, 0.1) is 21.6 Å². The van der Waals surface area contributed by atoms with Gasteiger partial charge in [0, 0.05) is 28.8 Å². The summed E-state index contributed by atoms with van der Waals surface area (Å²) >= 11 is 5.77. The van der Waals surface area contributed by atoms with E-state index >= 15 is 0 Å². The fraction of sp³-hybridized carbons (Fsp3) is 0. The highest BCUT2D eigenvalue weighted by atomic mass is 35.5. The van der Waals surface area contributed by atoms with Gasteiger partial charge in [-0.15, -0.1) is 0 Å². The molecule has 0 saturated heterocycles. The quantitative estimate of drug-likeness (QED) is 0.504. The van der Waals surface area contributed by atoms with Gasteiger partial charge in [-0.1, -0.05) is 17.7 Å². The van der Waals surface area contributed by atoms with Crippen LogP contribution in [0.15, 0.2) is 47.6 Å². The number of rotatable bonds is 5. The number of non-ortho nitro benzene ring substituents is 1. The summed E-state index contributed by atoms with van der Waals surface area (Å²) < 4.78 is 0. The number of carbonyl (C=O) groups is 1. The SMILES string of the molecule is O=C(N/N=C/c1cc(Cl)ccc1[N+](=O)[O-])c1cccc([N+](=O)[O-])c1. The molecule has 10 heteroatoms. The van der Waals surface area contributed by atoms with Crippen LogP contribution in [0.5, 0.6) is 0 Å². The number of benzene rings is 2. The first-order chi connectivity index (χ1) is 11.4. The summed E-state index contributed by atoms with van der Waals surface area (Å²) in [6.07, 6.45) is 1.07. The Kier molecular flexibility index (Phi) is 5.17. The summed E-state index contributed by atoms with van der Waals surface area (Å²) in [4.78, 5) is 32.2. The van der Waals surface area contributed by atoms with Crippen LogP contribution in [0.1, 0.15) is 15.9 Å². The first-order valence-electron chi connectivity index (χ1n) is 6.40. The molecule has 0 aliphatic carbocycles. The molecule has 9 nitrogen and oxygen atoms in total. The molecule has 0 atom stereocenters. The van der Waals surface area contributed by atoms with Crippen molar-refractivity contribution >= 4 is 35.1 Å². The van der Waals surface area contributed by atoms with E-state index in [1.54, 1.807) is 0 Å². The Morgan fingerprint density at radius 3 is 2.54 bits per heavy atom. The number of hydrogen-bond donors (Lipinski definition) is 1. The molecule has 0 bridgehead atoms. The predicted octanol–water partition coefficient (Wildman–Crippen LogP) is 2.92. The molecule has 0 unspecified atom stereocenters. The van der Waals surface area contributed by atoms with Gasteiger partial charge in [-0.3, -0.25) is 25.0 Å². The third-order valence-electron chi connectivity index (χ3n) is 2.88. The molecule has 0 spiro atoms. The van der Waals surface area contributed by atoms with E-state index in [-0.39, 0.29) is 27.5 Å². The lowest BCUT2D eigenvalue weighted by molar-refractivity contribution is -0.385. The molecule has 0 aromatic heterocycles. The number of carbonyl (C=O) groups excluding carboxylic acids is 1. The molecule has 0 aliphatic rings. The lowest BCUT2D eigenvalue weighted by atomic mass is 10.2. The van der Waals surface area contributed by atoms with Gasteiger partial charge in [-0.25, -0.2) is 5.43 Å². The number of nitrogens with one attached hydrogen (secondary N) is 1. The zero-order valence-electron chi connectivity index (χ0n) is 11.9. The highest BCUT2D eigenvalue weighted by Crippen LogP contribution is 2.21. The summed E-state index contributed by atoms with van der Waals surface area (Å²) in [5, 5.41) is 25.5. The van der Waals surface area contributed by atoms with E-state index in [1.165, 1.54) is 36.4 Å². The van der Waals surface area contributed by atoms with Crippen LogP contribution in [0, 0.1) is 20.2 Å². The summed E-state index contributed by atoms with van der Waals surface area (Å²) in [7, 11) is 0. The number of halogens is 1. The van der Waals surface area contributed by atoms with E-state index in [9.17, 15) is 25.0 Å². The van der Waals surface area contributed by atoms with Gasteiger partial charge >= 0.3 is 0 Å². The Hall–Kier alpha value is -3.33. The highest BCUT2D eigenvalue weighted by molar-refractivity contribution is 6.31. The van der Waals surface area contributed by atoms with Gasteiger partial charge in [-0.05, 0) is 18.2 Å². The fourth-order valence-corrected chi connectivity index (χ4v) is 1.96. The first-order valence-corrected chi connectivity index (χ1v) is 6.78. The molecule has 1 amide bonds. The van der Waals surface area contributed by atoms with Crippen molar-refractivity contribution < 1.29 is 14.6 Å². The summed E-state index contributed by atoms with van der Waals surface area (Å²) in [6, 6.07) is 8.97. The number of nitrogens with zero attached hydrogens (tertiary/aromatic N) is 3. The maximum absolute atomic E-state index is 11.9. The van der Waals surface area contributed by atoms with Crippen molar-refractivity contribution in [1.29, 1.82) is 0 Å². The lowest BCUT2D eigenvalue weighted by Crippen LogP contribution is -2.17. The fourth-order valence-electron chi connectivity index (χ4n) is 1.78. The van der Waals surface area contributed by atoms with E-state index in [2.05, 4.69) is 10.5 Å². The second kappa shape index (κ2) is 7.29. The average molecular weight is 349 g/mol. The molecule has 0 saturated carbocycles. The van der Waals surface area contributed by atoms with Crippen molar-refractivity contribution in [2.75, 3.05) is 0 Å². The molecule has 2 rings (SSSR count). The Morgan fingerprint density at radius 1 is 1.12 bits per heavy atom.